The SMILES string of the molecule is COC(=O)CC1CCN(C(=O)c2ccc(Cl)c(Cn3cc(C)c4cc(C#N)cc(C)c43)c2Cl)CC1. The van der Waals surface area contributed by atoms with Crippen LogP contribution in [0.2, 0.25) is 10.0 Å². The number of hydrogen-bond acceptors (Lipinski definition) is 4. The monoisotopic (exact) mass is 511 g/mol. The van der Waals surface area contributed by atoms with Gasteiger partial charge in [-0.1, -0.05) is 23.2 Å². The maximum atomic E-state index is 13.3. The summed E-state index contributed by atoms with van der Waals surface area (Å²) in [7, 11) is 1.39. The lowest BCUT2D eigenvalue weighted by molar-refractivity contribution is -0.142. The number of hydrogen-bond donors (Lipinski definition) is 0. The zero-order valence-corrected chi connectivity index (χ0v) is 21.5. The van der Waals surface area contributed by atoms with Crippen molar-refractivity contribution in [1.82, 2.24) is 9.47 Å². The van der Waals surface area contributed by atoms with E-state index in [4.69, 9.17) is 27.9 Å². The summed E-state index contributed by atoms with van der Waals surface area (Å²) in [6.07, 6.45) is 3.89. The molecule has 1 fully saturated rings. The highest BCUT2D eigenvalue weighted by molar-refractivity contribution is 6.38. The van der Waals surface area contributed by atoms with E-state index in [9.17, 15) is 14.9 Å². The second-order valence-electron chi connectivity index (χ2n) is 9.14. The van der Waals surface area contributed by atoms with Crippen LogP contribution >= 0.6 is 23.2 Å². The number of esters is 1. The molecule has 2 heterocycles. The molecule has 0 bridgehead atoms. The third-order valence-electron chi connectivity index (χ3n) is 6.82. The number of fused-ring (bicyclic) bond motifs is 1. The maximum Gasteiger partial charge on any atom is 0.305 e. The van der Waals surface area contributed by atoms with Crippen LogP contribution in [0.3, 0.4) is 0 Å². The first-order chi connectivity index (χ1) is 16.7. The molecule has 0 N–H and O–H groups in total. The molecule has 0 spiro atoms. The number of aryl methyl sites for hydroxylation is 2. The fourth-order valence-electron chi connectivity index (χ4n) is 4.93. The average molecular weight is 512 g/mol. The normalized spacial score (nSPS) is 14.2. The molecule has 2 aromatic carbocycles. The summed E-state index contributed by atoms with van der Waals surface area (Å²) in [5.74, 6) is -0.127. The first kappa shape index (κ1) is 25.1. The lowest BCUT2D eigenvalue weighted by Gasteiger charge is -2.32. The van der Waals surface area contributed by atoms with Gasteiger partial charge in [-0.05, 0) is 68.0 Å². The fourth-order valence-corrected chi connectivity index (χ4v) is 5.50. The van der Waals surface area contributed by atoms with Gasteiger partial charge >= 0.3 is 5.97 Å². The van der Waals surface area contributed by atoms with Gasteiger partial charge in [-0.3, -0.25) is 9.59 Å². The quantitative estimate of drug-likeness (QED) is 0.399. The van der Waals surface area contributed by atoms with E-state index in [-0.39, 0.29) is 17.8 Å². The Kier molecular flexibility index (Phi) is 7.39. The Balaban J connectivity index is 1.60. The Hall–Kier alpha value is -3.01. The van der Waals surface area contributed by atoms with E-state index in [1.165, 1.54) is 7.11 Å². The van der Waals surface area contributed by atoms with Crippen LogP contribution in [0.15, 0.2) is 30.5 Å². The number of halogens is 2. The number of rotatable bonds is 5. The van der Waals surface area contributed by atoms with Gasteiger partial charge in [0, 0.05) is 41.7 Å². The van der Waals surface area contributed by atoms with E-state index in [1.807, 2.05) is 32.2 Å². The number of likely N-dealkylation sites (tertiary alicyclic amines) is 1. The highest BCUT2D eigenvalue weighted by atomic mass is 35.5. The van der Waals surface area contributed by atoms with Crippen LogP contribution in [0.25, 0.3) is 10.9 Å². The highest BCUT2D eigenvalue weighted by Gasteiger charge is 2.27. The Morgan fingerprint density at radius 2 is 1.86 bits per heavy atom. The van der Waals surface area contributed by atoms with Crippen LogP contribution in [-0.2, 0) is 16.1 Å². The Morgan fingerprint density at radius 3 is 2.51 bits per heavy atom. The number of benzene rings is 2. The number of nitrogens with zero attached hydrogens (tertiary/aromatic N) is 3. The highest BCUT2D eigenvalue weighted by Crippen LogP contribution is 2.33. The van der Waals surface area contributed by atoms with Crippen molar-refractivity contribution < 1.29 is 14.3 Å². The summed E-state index contributed by atoms with van der Waals surface area (Å²) in [6, 6.07) is 9.37. The Labute approximate surface area is 215 Å². The van der Waals surface area contributed by atoms with Crippen LogP contribution in [-0.4, -0.2) is 41.5 Å². The van der Waals surface area contributed by atoms with E-state index < -0.39 is 0 Å². The molecule has 1 saturated heterocycles. The zero-order chi connectivity index (χ0) is 25.3. The van der Waals surface area contributed by atoms with Gasteiger partial charge in [0.1, 0.15) is 0 Å². The van der Waals surface area contributed by atoms with Gasteiger partial charge in [0.05, 0.1) is 41.4 Å². The minimum atomic E-state index is -0.216. The molecule has 1 amide bonds. The molecule has 0 atom stereocenters. The van der Waals surface area contributed by atoms with Gasteiger partial charge in [0.2, 0.25) is 0 Å². The molecule has 1 aliphatic rings. The predicted molar refractivity (Wildman–Crippen MR) is 137 cm³/mol. The Bertz CT molecular complexity index is 1350. The molecular formula is C27H27Cl2N3O3. The topological polar surface area (TPSA) is 75.3 Å². The number of nitriles is 1. The first-order valence-corrected chi connectivity index (χ1v) is 12.3. The van der Waals surface area contributed by atoms with Crippen molar-refractivity contribution in [3.05, 3.63) is 68.3 Å². The molecule has 182 valence electrons. The van der Waals surface area contributed by atoms with Gasteiger partial charge < -0.3 is 14.2 Å². The van der Waals surface area contributed by atoms with Gasteiger partial charge in [-0.15, -0.1) is 0 Å². The van der Waals surface area contributed by atoms with Crippen molar-refractivity contribution in [2.75, 3.05) is 20.2 Å². The first-order valence-electron chi connectivity index (χ1n) is 11.6. The summed E-state index contributed by atoms with van der Waals surface area (Å²) >= 11 is 13.3. The summed E-state index contributed by atoms with van der Waals surface area (Å²) in [6.45, 7) is 5.52. The lowest BCUT2D eigenvalue weighted by atomic mass is 9.93. The lowest BCUT2D eigenvalue weighted by Crippen LogP contribution is -2.39. The van der Waals surface area contributed by atoms with Gasteiger partial charge in [-0.25, -0.2) is 0 Å². The molecule has 0 saturated carbocycles. The molecule has 8 heteroatoms. The van der Waals surface area contributed by atoms with Crippen LogP contribution in [0.5, 0.6) is 0 Å². The van der Waals surface area contributed by atoms with Crippen molar-refractivity contribution in [2.24, 2.45) is 5.92 Å². The van der Waals surface area contributed by atoms with Crippen molar-refractivity contribution >= 4 is 46.0 Å². The van der Waals surface area contributed by atoms with Crippen LogP contribution in [0.1, 0.15) is 51.9 Å². The van der Waals surface area contributed by atoms with Crippen molar-refractivity contribution in [3.63, 3.8) is 0 Å². The second kappa shape index (κ2) is 10.3. The zero-order valence-electron chi connectivity index (χ0n) is 20.0. The van der Waals surface area contributed by atoms with Gasteiger partial charge in [-0.2, -0.15) is 5.26 Å². The third kappa shape index (κ3) is 5.03. The number of amides is 1. The number of carbonyl (C=O) groups is 2. The smallest absolute Gasteiger partial charge is 0.305 e. The van der Waals surface area contributed by atoms with Gasteiger partial charge in [0.25, 0.3) is 5.91 Å². The van der Waals surface area contributed by atoms with E-state index in [2.05, 4.69) is 10.6 Å². The summed E-state index contributed by atoms with van der Waals surface area (Å²) in [5, 5.41) is 11.2. The second-order valence-corrected chi connectivity index (χ2v) is 9.93. The fraction of sp³-hybridized carbons (Fsp3) is 0.370. The molecule has 1 aromatic heterocycles. The standard InChI is InChI=1S/C27H27Cl2N3O3/c1-16-10-19(13-30)11-21-17(2)14-32(26(16)21)15-22-23(28)5-4-20(25(22)29)27(34)31-8-6-18(7-9-31)12-24(33)35-3/h4-5,10-11,14,18H,6-9,12,15H2,1-3H3. The van der Waals surface area contributed by atoms with Crippen molar-refractivity contribution in [2.45, 2.75) is 39.7 Å². The number of ether oxygens (including phenoxy) is 1. The summed E-state index contributed by atoms with van der Waals surface area (Å²) in [4.78, 5) is 26.7. The van der Waals surface area contributed by atoms with Crippen molar-refractivity contribution in [3.8, 4) is 6.07 Å². The van der Waals surface area contributed by atoms with E-state index >= 15 is 0 Å². The average Bonchev–Trinajstić information content (AvgIpc) is 3.17. The van der Waals surface area contributed by atoms with Crippen LogP contribution < -0.4 is 0 Å². The molecule has 1 aliphatic heterocycles. The van der Waals surface area contributed by atoms with Crippen LogP contribution in [0, 0.1) is 31.1 Å². The third-order valence-corrected chi connectivity index (χ3v) is 7.61. The largest absolute Gasteiger partial charge is 0.469 e. The van der Waals surface area contributed by atoms with Crippen LogP contribution in [0.4, 0.5) is 0 Å². The molecule has 3 aromatic rings. The molecule has 0 unspecified atom stereocenters. The molecular weight excluding hydrogens is 485 g/mol. The number of carbonyl (C=O) groups excluding carboxylic acids is 2. The number of methoxy groups -OCH3 is 1. The van der Waals surface area contributed by atoms with E-state index in [1.54, 1.807) is 17.0 Å². The summed E-state index contributed by atoms with van der Waals surface area (Å²) < 4.78 is 6.84. The van der Waals surface area contributed by atoms with E-state index in [0.717, 1.165) is 34.9 Å². The molecule has 0 aliphatic carbocycles. The molecule has 0 radical (unpaired) electrons. The maximum absolute atomic E-state index is 13.3. The van der Waals surface area contributed by atoms with E-state index in [0.29, 0.717) is 52.8 Å². The van der Waals surface area contributed by atoms with Gasteiger partial charge in [0.15, 0.2) is 0 Å². The Morgan fingerprint density at radius 1 is 1.14 bits per heavy atom. The molecule has 35 heavy (non-hydrogen) atoms. The predicted octanol–water partition coefficient (Wildman–Crippen LogP) is 5.90. The number of piperidine rings is 1. The number of aromatic nitrogens is 1. The minimum Gasteiger partial charge on any atom is -0.469 e. The summed E-state index contributed by atoms with van der Waals surface area (Å²) in [5.41, 5.74) is 4.78. The molecule has 4 rings (SSSR count). The minimum absolute atomic E-state index is 0.132. The molecule has 6 nitrogen and oxygen atoms in total. The van der Waals surface area contributed by atoms with Crippen molar-refractivity contribution in [1.29, 1.82) is 5.26 Å².